The molecular formula is C11H14BrN3O2. The molecular weight excluding hydrogens is 286 g/mol. The average molecular weight is 300 g/mol. The van der Waals surface area contributed by atoms with Gasteiger partial charge >= 0.3 is 0 Å². The van der Waals surface area contributed by atoms with Crippen LogP contribution in [0.4, 0.5) is 0 Å². The fourth-order valence-electron chi connectivity index (χ4n) is 1.66. The molecule has 0 fully saturated rings. The summed E-state index contributed by atoms with van der Waals surface area (Å²) in [5.74, 6) is 1.26. The van der Waals surface area contributed by atoms with Gasteiger partial charge in [-0.2, -0.15) is 5.10 Å². The Hall–Kier alpha value is -1.14. The van der Waals surface area contributed by atoms with Crippen molar-refractivity contribution in [1.82, 2.24) is 14.8 Å². The van der Waals surface area contributed by atoms with Crippen LogP contribution >= 0.6 is 15.9 Å². The maximum Gasteiger partial charge on any atom is 0.146 e. The average Bonchev–Trinajstić information content (AvgIpc) is 2.86. The van der Waals surface area contributed by atoms with Crippen LogP contribution in [-0.2, 0) is 6.42 Å². The molecule has 0 amide bonds. The number of aliphatic hydroxyl groups is 1. The zero-order valence-corrected chi connectivity index (χ0v) is 11.3. The topological polar surface area (TPSA) is 64.1 Å². The normalized spacial score (nSPS) is 13.2. The Kier molecular flexibility index (Phi) is 3.63. The molecule has 0 aliphatic carbocycles. The quantitative estimate of drug-likeness (QED) is 0.942. The van der Waals surface area contributed by atoms with Gasteiger partial charge in [-0.1, -0.05) is 0 Å². The molecule has 1 atom stereocenters. The zero-order valence-electron chi connectivity index (χ0n) is 9.67. The Morgan fingerprint density at radius 3 is 2.88 bits per heavy atom. The van der Waals surface area contributed by atoms with Crippen molar-refractivity contribution in [2.75, 3.05) is 0 Å². The fraction of sp³-hybridized carbons (Fsp3) is 0.455. The summed E-state index contributed by atoms with van der Waals surface area (Å²) in [6.45, 7) is 4.04. The molecule has 0 radical (unpaired) electrons. The van der Waals surface area contributed by atoms with Crippen LogP contribution in [0.2, 0.25) is 0 Å². The number of nitrogens with zero attached hydrogens (tertiary/aromatic N) is 3. The Labute approximate surface area is 108 Å². The number of furan rings is 1. The van der Waals surface area contributed by atoms with E-state index < -0.39 is 6.10 Å². The highest BCUT2D eigenvalue weighted by molar-refractivity contribution is 9.10. The number of aliphatic hydroxyl groups excluding tert-OH is 1. The van der Waals surface area contributed by atoms with Gasteiger partial charge < -0.3 is 9.52 Å². The van der Waals surface area contributed by atoms with E-state index in [1.165, 1.54) is 12.6 Å². The van der Waals surface area contributed by atoms with Crippen LogP contribution in [0, 0.1) is 0 Å². The Balaban J connectivity index is 2.16. The lowest BCUT2D eigenvalue weighted by Gasteiger charge is -2.12. The highest BCUT2D eigenvalue weighted by atomic mass is 79.9. The summed E-state index contributed by atoms with van der Waals surface area (Å²) < 4.78 is 7.78. The standard InChI is InChI=1S/C11H14BrN3O2/c1-7(2)15-10(13-6-14-15)5-9(16)11-8(12)3-4-17-11/h3-4,6-7,9,16H,5H2,1-2H3. The molecule has 6 heteroatoms. The summed E-state index contributed by atoms with van der Waals surface area (Å²) in [4.78, 5) is 4.15. The summed E-state index contributed by atoms with van der Waals surface area (Å²) in [5.41, 5.74) is 0. The molecule has 0 aliphatic heterocycles. The molecule has 0 saturated carbocycles. The van der Waals surface area contributed by atoms with Gasteiger partial charge in [0.1, 0.15) is 24.0 Å². The van der Waals surface area contributed by atoms with Crippen molar-refractivity contribution < 1.29 is 9.52 Å². The molecule has 17 heavy (non-hydrogen) atoms. The van der Waals surface area contributed by atoms with Gasteiger partial charge in [-0.25, -0.2) is 9.67 Å². The van der Waals surface area contributed by atoms with E-state index in [4.69, 9.17) is 4.42 Å². The van der Waals surface area contributed by atoms with E-state index in [0.717, 1.165) is 10.3 Å². The molecule has 0 bridgehead atoms. The van der Waals surface area contributed by atoms with E-state index in [1.54, 1.807) is 10.7 Å². The van der Waals surface area contributed by atoms with Crippen LogP contribution in [-0.4, -0.2) is 19.9 Å². The molecule has 0 spiro atoms. The molecule has 5 nitrogen and oxygen atoms in total. The largest absolute Gasteiger partial charge is 0.465 e. The zero-order chi connectivity index (χ0) is 12.4. The van der Waals surface area contributed by atoms with Crippen LogP contribution in [0.25, 0.3) is 0 Å². The summed E-state index contributed by atoms with van der Waals surface area (Å²) in [5, 5.41) is 14.2. The molecule has 0 aromatic carbocycles. The lowest BCUT2D eigenvalue weighted by molar-refractivity contribution is 0.145. The van der Waals surface area contributed by atoms with Crippen molar-refractivity contribution in [1.29, 1.82) is 0 Å². The van der Waals surface area contributed by atoms with Crippen molar-refractivity contribution in [3.8, 4) is 0 Å². The van der Waals surface area contributed by atoms with Crippen LogP contribution in [0.1, 0.15) is 37.6 Å². The van der Waals surface area contributed by atoms with E-state index in [0.29, 0.717) is 12.2 Å². The lowest BCUT2D eigenvalue weighted by atomic mass is 10.2. The third-order valence-corrected chi connectivity index (χ3v) is 3.11. The second-order valence-electron chi connectivity index (χ2n) is 4.07. The van der Waals surface area contributed by atoms with Crippen LogP contribution < -0.4 is 0 Å². The van der Waals surface area contributed by atoms with Crippen molar-refractivity contribution in [2.45, 2.75) is 32.4 Å². The van der Waals surface area contributed by atoms with Gasteiger partial charge in [0.2, 0.25) is 0 Å². The van der Waals surface area contributed by atoms with Crippen LogP contribution in [0.15, 0.2) is 27.5 Å². The maximum atomic E-state index is 10.1. The number of hydrogen-bond acceptors (Lipinski definition) is 4. The molecule has 0 saturated heterocycles. The molecule has 1 unspecified atom stereocenters. The highest BCUT2D eigenvalue weighted by Crippen LogP contribution is 2.26. The Morgan fingerprint density at radius 1 is 1.53 bits per heavy atom. The molecule has 1 N–H and O–H groups in total. The van der Waals surface area contributed by atoms with Crippen molar-refractivity contribution >= 4 is 15.9 Å². The number of halogens is 1. The van der Waals surface area contributed by atoms with Gasteiger partial charge in [-0.05, 0) is 35.8 Å². The third-order valence-electron chi connectivity index (χ3n) is 2.46. The first kappa shape index (κ1) is 12.3. The van der Waals surface area contributed by atoms with Gasteiger partial charge in [0.05, 0.1) is 10.7 Å². The smallest absolute Gasteiger partial charge is 0.146 e. The second-order valence-corrected chi connectivity index (χ2v) is 4.92. The predicted molar refractivity (Wildman–Crippen MR) is 65.5 cm³/mol. The number of aromatic nitrogens is 3. The first-order valence-corrected chi connectivity index (χ1v) is 6.18. The fourth-order valence-corrected chi connectivity index (χ4v) is 2.13. The minimum atomic E-state index is -0.721. The molecule has 2 aromatic rings. The van der Waals surface area contributed by atoms with Crippen LogP contribution in [0.5, 0.6) is 0 Å². The lowest BCUT2D eigenvalue weighted by Crippen LogP contribution is -2.12. The molecule has 2 aromatic heterocycles. The first-order chi connectivity index (χ1) is 8.09. The summed E-state index contributed by atoms with van der Waals surface area (Å²) in [7, 11) is 0. The SMILES string of the molecule is CC(C)n1ncnc1CC(O)c1occc1Br. The van der Waals surface area contributed by atoms with Crippen molar-refractivity contribution in [3.63, 3.8) is 0 Å². The maximum absolute atomic E-state index is 10.1. The summed E-state index contributed by atoms with van der Waals surface area (Å²) >= 11 is 3.32. The van der Waals surface area contributed by atoms with E-state index in [2.05, 4.69) is 26.0 Å². The summed E-state index contributed by atoms with van der Waals surface area (Å²) in [6.07, 6.45) is 2.69. The molecule has 0 aliphatic rings. The van der Waals surface area contributed by atoms with Crippen LogP contribution in [0.3, 0.4) is 0 Å². The molecule has 92 valence electrons. The number of rotatable bonds is 4. The van der Waals surface area contributed by atoms with Gasteiger partial charge in [0.15, 0.2) is 0 Å². The molecule has 2 heterocycles. The summed E-state index contributed by atoms with van der Waals surface area (Å²) in [6, 6.07) is 1.98. The van der Waals surface area contributed by atoms with Crippen molar-refractivity contribution in [2.24, 2.45) is 0 Å². The van der Waals surface area contributed by atoms with E-state index in [9.17, 15) is 5.11 Å². The predicted octanol–water partition coefficient (Wildman–Crippen LogP) is 2.49. The van der Waals surface area contributed by atoms with Gasteiger partial charge in [-0.15, -0.1) is 0 Å². The Morgan fingerprint density at radius 2 is 2.29 bits per heavy atom. The van der Waals surface area contributed by atoms with E-state index in [-0.39, 0.29) is 6.04 Å². The van der Waals surface area contributed by atoms with Crippen molar-refractivity contribution in [3.05, 3.63) is 34.7 Å². The first-order valence-electron chi connectivity index (χ1n) is 5.39. The molecule has 2 rings (SSSR count). The van der Waals surface area contributed by atoms with Gasteiger partial charge in [-0.3, -0.25) is 0 Å². The van der Waals surface area contributed by atoms with Gasteiger partial charge in [0.25, 0.3) is 0 Å². The Bertz CT molecular complexity index is 492. The highest BCUT2D eigenvalue weighted by Gasteiger charge is 2.19. The minimum Gasteiger partial charge on any atom is -0.465 e. The van der Waals surface area contributed by atoms with E-state index >= 15 is 0 Å². The van der Waals surface area contributed by atoms with Gasteiger partial charge in [0, 0.05) is 12.5 Å². The third kappa shape index (κ3) is 2.58. The monoisotopic (exact) mass is 299 g/mol. The van der Waals surface area contributed by atoms with E-state index in [1.807, 2.05) is 13.8 Å². The minimum absolute atomic E-state index is 0.222. The second kappa shape index (κ2) is 5.01. The number of hydrogen-bond donors (Lipinski definition) is 1.